The minimum Gasteiger partial charge on any atom is -0.445 e. The molecular formula is C38H71NO14Si. The van der Waals surface area contributed by atoms with Crippen molar-refractivity contribution in [3.8, 4) is 0 Å². The lowest BCUT2D eigenvalue weighted by molar-refractivity contribution is -0.0277. The van der Waals surface area contributed by atoms with Gasteiger partial charge < -0.3 is 66.6 Å². The highest BCUT2D eigenvalue weighted by atomic mass is 28.4. The summed E-state index contributed by atoms with van der Waals surface area (Å²) in [7, 11) is -1.71. The Kier molecular flexibility index (Phi) is 33.2. The molecule has 0 saturated carbocycles. The minimum atomic E-state index is -1.71. The molecule has 0 aliphatic carbocycles. The number of carbonyl (C=O) groups excluding carboxylic acids is 1. The zero-order valence-electron chi connectivity index (χ0n) is 33.8. The van der Waals surface area contributed by atoms with E-state index in [1.54, 1.807) is 0 Å². The van der Waals surface area contributed by atoms with Gasteiger partial charge in [-0.3, -0.25) is 0 Å². The van der Waals surface area contributed by atoms with Crippen molar-refractivity contribution in [2.24, 2.45) is 0 Å². The largest absolute Gasteiger partial charge is 0.445 e. The van der Waals surface area contributed by atoms with E-state index in [9.17, 15) is 4.79 Å². The van der Waals surface area contributed by atoms with Gasteiger partial charge in [-0.2, -0.15) is 0 Å². The zero-order chi connectivity index (χ0) is 39.3. The molecule has 0 saturated heterocycles. The highest BCUT2D eigenvalue weighted by Gasteiger charge is 2.36. The van der Waals surface area contributed by atoms with Gasteiger partial charge >= 0.3 is 6.09 Å². The van der Waals surface area contributed by atoms with E-state index >= 15 is 0 Å². The van der Waals surface area contributed by atoms with Crippen molar-refractivity contribution in [2.45, 2.75) is 45.5 Å². The topological polar surface area (TPSA) is 149 Å². The third-order valence-corrected chi connectivity index (χ3v) is 12.5. The molecule has 0 atom stereocenters. The molecule has 54 heavy (non-hydrogen) atoms. The molecule has 1 aromatic rings. The Morgan fingerprint density at radius 2 is 0.778 bits per heavy atom. The second-order valence-electron chi connectivity index (χ2n) is 13.3. The number of benzene rings is 1. The molecule has 0 aromatic heterocycles. The van der Waals surface area contributed by atoms with Crippen LogP contribution in [0.1, 0.15) is 26.3 Å². The second-order valence-corrected chi connectivity index (χ2v) is 18.1. The van der Waals surface area contributed by atoms with Crippen molar-refractivity contribution < 1.29 is 66.1 Å². The number of nitrogens with one attached hydrogen (secondary N) is 1. The third kappa shape index (κ3) is 32.5. The monoisotopic (exact) mass is 793 g/mol. The van der Waals surface area contributed by atoms with Crippen LogP contribution in [0.4, 0.5) is 4.79 Å². The Morgan fingerprint density at radius 1 is 0.481 bits per heavy atom. The summed E-state index contributed by atoms with van der Waals surface area (Å²) in [6.07, 6.45) is -0.469. The number of amides is 1. The second kappa shape index (κ2) is 35.6. The molecule has 0 fully saturated rings. The smallest absolute Gasteiger partial charge is 0.407 e. The van der Waals surface area contributed by atoms with Crippen LogP contribution in [0.5, 0.6) is 0 Å². The van der Waals surface area contributed by atoms with Gasteiger partial charge in [0.15, 0.2) is 8.32 Å². The molecule has 316 valence electrons. The Bertz CT molecular complexity index is 958. The van der Waals surface area contributed by atoms with Gasteiger partial charge in [0, 0.05) is 6.54 Å². The standard InChI is InChI=1S/C38H71NO14Si/c1-38(2,3)54(4,5)53-34-33-51-32-31-50-30-29-49-28-27-48-26-25-47-24-23-46-22-21-45-20-19-44-18-17-43-16-15-42-14-13-41-12-11-39-37(40)52-35-36-9-7-6-8-10-36/h6-10H,11-35H2,1-5H3,(H,39,40). The van der Waals surface area contributed by atoms with E-state index in [4.69, 9.17) is 61.3 Å². The van der Waals surface area contributed by atoms with Gasteiger partial charge in [-0.25, -0.2) is 4.79 Å². The quantitative estimate of drug-likeness (QED) is 0.0753. The van der Waals surface area contributed by atoms with Crippen LogP contribution in [-0.4, -0.2) is 173 Å². The Labute approximate surface area is 325 Å². The van der Waals surface area contributed by atoms with Crippen molar-refractivity contribution in [2.75, 3.05) is 159 Å². The fourth-order valence-corrected chi connectivity index (χ4v) is 4.90. The number of hydrogen-bond donors (Lipinski definition) is 1. The van der Waals surface area contributed by atoms with Crippen molar-refractivity contribution in [1.29, 1.82) is 0 Å². The summed E-state index contributed by atoms with van der Waals surface area (Å²) in [5.41, 5.74) is 0.937. The molecule has 1 amide bonds. The molecule has 0 radical (unpaired) electrons. The maximum atomic E-state index is 11.7. The number of ether oxygens (including phenoxy) is 12. The number of carbonyl (C=O) groups is 1. The van der Waals surface area contributed by atoms with Crippen LogP contribution in [0.2, 0.25) is 18.1 Å². The summed E-state index contributed by atoms with van der Waals surface area (Å²) in [6, 6.07) is 9.51. The first-order chi connectivity index (χ1) is 26.2. The van der Waals surface area contributed by atoms with Gasteiger partial charge in [-0.05, 0) is 23.7 Å². The maximum absolute atomic E-state index is 11.7. The molecule has 0 bridgehead atoms. The van der Waals surface area contributed by atoms with E-state index in [0.717, 1.165) is 5.56 Å². The Hall–Kier alpha value is -1.77. The van der Waals surface area contributed by atoms with Crippen LogP contribution in [-0.2, 0) is 67.9 Å². The number of rotatable bonds is 39. The highest BCUT2D eigenvalue weighted by molar-refractivity contribution is 6.74. The van der Waals surface area contributed by atoms with Crippen molar-refractivity contribution >= 4 is 14.4 Å². The molecule has 1 rings (SSSR count). The molecule has 0 aliphatic heterocycles. The van der Waals surface area contributed by atoms with Gasteiger partial charge in [0.25, 0.3) is 0 Å². The molecule has 1 aromatic carbocycles. The van der Waals surface area contributed by atoms with E-state index in [1.165, 1.54) is 0 Å². The Morgan fingerprint density at radius 3 is 1.09 bits per heavy atom. The SMILES string of the molecule is CC(C)(C)[Si](C)(C)OCCOCCOCCOCCOCCOCCOCCOCCOCCOCCOCCOCCNC(=O)OCc1ccccc1. The lowest BCUT2D eigenvalue weighted by Crippen LogP contribution is -2.41. The summed E-state index contributed by atoms with van der Waals surface area (Å²) in [5.74, 6) is 0. The van der Waals surface area contributed by atoms with E-state index in [2.05, 4.69) is 39.2 Å². The normalized spacial score (nSPS) is 12.0. The lowest BCUT2D eigenvalue weighted by Gasteiger charge is -2.36. The summed E-state index contributed by atoms with van der Waals surface area (Å²) in [6.45, 7) is 23.3. The fourth-order valence-electron chi connectivity index (χ4n) is 3.87. The van der Waals surface area contributed by atoms with E-state index in [1.807, 2.05) is 30.3 Å². The van der Waals surface area contributed by atoms with Gasteiger partial charge in [-0.15, -0.1) is 0 Å². The molecular weight excluding hydrogens is 722 g/mol. The first-order valence-corrected chi connectivity index (χ1v) is 22.1. The van der Waals surface area contributed by atoms with Crippen molar-refractivity contribution in [3.63, 3.8) is 0 Å². The molecule has 15 nitrogen and oxygen atoms in total. The van der Waals surface area contributed by atoms with Crippen LogP contribution in [0.25, 0.3) is 0 Å². The fraction of sp³-hybridized carbons (Fsp3) is 0.816. The van der Waals surface area contributed by atoms with Crippen LogP contribution in [0.3, 0.4) is 0 Å². The maximum Gasteiger partial charge on any atom is 0.407 e. The molecule has 0 heterocycles. The van der Waals surface area contributed by atoms with Crippen LogP contribution in [0.15, 0.2) is 30.3 Å². The van der Waals surface area contributed by atoms with E-state index in [0.29, 0.717) is 159 Å². The van der Waals surface area contributed by atoms with Gasteiger partial charge in [0.1, 0.15) is 6.61 Å². The number of hydrogen-bond acceptors (Lipinski definition) is 14. The summed E-state index contributed by atoms with van der Waals surface area (Å²) in [5, 5.41) is 2.86. The van der Waals surface area contributed by atoms with Crippen molar-refractivity contribution in [1.82, 2.24) is 5.32 Å². The first-order valence-electron chi connectivity index (χ1n) is 19.2. The summed E-state index contributed by atoms with van der Waals surface area (Å²) >= 11 is 0. The average Bonchev–Trinajstić information content (AvgIpc) is 3.15. The summed E-state index contributed by atoms with van der Waals surface area (Å²) in [4.78, 5) is 11.7. The molecule has 1 N–H and O–H groups in total. The average molecular weight is 794 g/mol. The van der Waals surface area contributed by atoms with Crippen LogP contribution < -0.4 is 5.32 Å². The van der Waals surface area contributed by atoms with Crippen molar-refractivity contribution in [3.05, 3.63) is 35.9 Å². The van der Waals surface area contributed by atoms with E-state index < -0.39 is 14.4 Å². The molecule has 16 heteroatoms. The summed E-state index contributed by atoms with van der Waals surface area (Å²) < 4.78 is 71.7. The molecule has 0 aliphatic rings. The lowest BCUT2D eigenvalue weighted by atomic mass is 10.2. The predicted molar refractivity (Wildman–Crippen MR) is 207 cm³/mol. The highest BCUT2D eigenvalue weighted by Crippen LogP contribution is 2.36. The third-order valence-electron chi connectivity index (χ3n) is 7.95. The van der Waals surface area contributed by atoms with Gasteiger partial charge in [0.05, 0.1) is 152 Å². The van der Waals surface area contributed by atoms with Gasteiger partial charge in [-0.1, -0.05) is 51.1 Å². The first kappa shape index (κ1) is 50.2. The van der Waals surface area contributed by atoms with E-state index in [-0.39, 0.29) is 11.6 Å². The molecule has 0 unspecified atom stereocenters. The Balaban J connectivity index is 1.65. The van der Waals surface area contributed by atoms with Crippen LogP contribution >= 0.6 is 0 Å². The zero-order valence-corrected chi connectivity index (χ0v) is 34.8. The predicted octanol–water partition coefficient (Wildman–Crippen LogP) is 4.12. The minimum absolute atomic E-state index is 0.212. The van der Waals surface area contributed by atoms with Gasteiger partial charge in [0.2, 0.25) is 0 Å². The van der Waals surface area contributed by atoms with Crippen LogP contribution in [0, 0.1) is 0 Å². The number of alkyl carbamates (subject to hydrolysis) is 1. The molecule has 0 spiro atoms.